The minimum absolute atomic E-state index is 0.0520. The third-order valence-corrected chi connectivity index (χ3v) is 3.41. The van der Waals surface area contributed by atoms with E-state index < -0.39 is 5.82 Å². The molecule has 0 aliphatic rings. The van der Waals surface area contributed by atoms with Gasteiger partial charge in [0.2, 0.25) is 0 Å². The maximum atomic E-state index is 12.9. The predicted molar refractivity (Wildman–Crippen MR) is 68.2 cm³/mol. The molecule has 0 aliphatic heterocycles. The molecule has 0 heterocycles. The highest BCUT2D eigenvalue weighted by atomic mass is 35.5. The first-order chi connectivity index (χ1) is 7.95. The van der Waals surface area contributed by atoms with Crippen LogP contribution in [0.3, 0.4) is 0 Å². The predicted octanol–water partition coefficient (Wildman–Crippen LogP) is 3.47. The van der Waals surface area contributed by atoms with Gasteiger partial charge in [-0.1, -0.05) is 18.5 Å². The molecule has 1 N–H and O–H groups in total. The summed E-state index contributed by atoms with van der Waals surface area (Å²) in [5, 5.41) is 2.73. The van der Waals surface area contributed by atoms with Crippen LogP contribution in [0.15, 0.2) is 18.2 Å². The van der Waals surface area contributed by atoms with Crippen molar-refractivity contribution in [1.29, 1.82) is 0 Å². The second-order valence-electron chi connectivity index (χ2n) is 4.02. The number of halogens is 3. The molecule has 0 aromatic heterocycles. The molecule has 2 nitrogen and oxygen atoms in total. The molecule has 0 saturated heterocycles. The topological polar surface area (TPSA) is 29.1 Å². The molecule has 2 unspecified atom stereocenters. The number of hydrogen-bond donors (Lipinski definition) is 1. The van der Waals surface area contributed by atoms with Crippen molar-refractivity contribution in [2.24, 2.45) is 5.92 Å². The number of hydrogen-bond acceptors (Lipinski definition) is 1. The van der Waals surface area contributed by atoms with Gasteiger partial charge in [-0.05, 0) is 31.0 Å². The van der Waals surface area contributed by atoms with Crippen LogP contribution in [0, 0.1) is 11.7 Å². The van der Waals surface area contributed by atoms with Crippen LogP contribution in [0.2, 0.25) is 5.02 Å². The number of carbonyl (C=O) groups excluding carboxylic acids is 1. The van der Waals surface area contributed by atoms with E-state index in [0.717, 1.165) is 0 Å². The Morgan fingerprint density at radius 3 is 2.65 bits per heavy atom. The molecule has 2 atom stereocenters. The van der Waals surface area contributed by atoms with Gasteiger partial charge in [0.25, 0.3) is 5.91 Å². The van der Waals surface area contributed by atoms with E-state index in [2.05, 4.69) is 5.32 Å². The Bertz CT molecular complexity index is 411. The molecule has 0 fully saturated rings. The molecule has 1 aromatic rings. The van der Waals surface area contributed by atoms with E-state index in [4.69, 9.17) is 23.2 Å². The van der Waals surface area contributed by atoms with E-state index in [-0.39, 0.29) is 22.9 Å². The summed E-state index contributed by atoms with van der Waals surface area (Å²) in [5.74, 6) is -0.190. The van der Waals surface area contributed by atoms with Crippen LogP contribution >= 0.6 is 23.2 Å². The Morgan fingerprint density at radius 1 is 1.47 bits per heavy atom. The number of benzene rings is 1. The zero-order chi connectivity index (χ0) is 13.0. The SMILES string of the molecule is CC(CCl)C(C)NC(=O)c1ccc(F)c(Cl)c1. The Kier molecular flexibility index (Phi) is 5.22. The second kappa shape index (κ2) is 6.22. The molecule has 17 heavy (non-hydrogen) atoms. The van der Waals surface area contributed by atoms with E-state index in [1.54, 1.807) is 0 Å². The second-order valence-corrected chi connectivity index (χ2v) is 4.74. The molecule has 0 aliphatic carbocycles. The minimum atomic E-state index is -0.537. The number of amides is 1. The maximum Gasteiger partial charge on any atom is 0.251 e. The average molecular weight is 278 g/mol. The highest BCUT2D eigenvalue weighted by Gasteiger charge is 2.15. The summed E-state index contributed by atoms with van der Waals surface area (Å²) in [6.07, 6.45) is 0. The lowest BCUT2D eigenvalue weighted by Crippen LogP contribution is -2.37. The normalized spacial score (nSPS) is 14.2. The summed E-state index contributed by atoms with van der Waals surface area (Å²) in [6, 6.07) is 3.83. The third kappa shape index (κ3) is 3.86. The summed E-state index contributed by atoms with van der Waals surface area (Å²) in [6.45, 7) is 3.81. The van der Waals surface area contributed by atoms with Gasteiger partial charge in [-0.2, -0.15) is 0 Å². The zero-order valence-corrected chi connectivity index (χ0v) is 11.1. The molecule has 1 aromatic carbocycles. The van der Waals surface area contributed by atoms with E-state index in [1.807, 2.05) is 13.8 Å². The first-order valence-corrected chi connectivity index (χ1v) is 6.18. The third-order valence-electron chi connectivity index (χ3n) is 2.64. The first-order valence-electron chi connectivity index (χ1n) is 5.27. The molecular formula is C12H14Cl2FNO. The van der Waals surface area contributed by atoms with Crippen molar-refractivity contribution in [3.63, 3.8) is 0 Å². The molecule has 0 spiro atoms. The van der Waals surface area contributed by atoms with Crippen molar-refractivity contribution in [2.45, 2.75) is 19.9 Å². The van der Waals surface area contributed by atoms with Crippen LogP contribution in [0.4, 0.5) is 4.39 Å². The van der Waals surface area contributed by atoms with E-state index in [0.29, 0.717) is 11.4 Å². The Morgan fingerprint density at radius 2 is 2.12 bits per heavy atom. The monoisotopic (exact) mass is 277 g/mol. The van der Waals surface area contributed by atoms with Crippen LogP contribution in [0.1, 0.15) is 24.2 Å². The summed E-state index contributed by atoms with van der Waals surface area (Å²) < 4.78 is 12.9. The quantitative estimate of drug-likeness (QED) is 0.839. The Hall–Kier alpha value is -0.800. The highest BCUT2D eigenvalue weighted by Crippen LogP contribution is 2.16. The molecule has 0 radical (unpaired) electrons. The van der Waals surface area contributed by atoms with Gasteiger partial charge in [0.1, 0.15) is 5.82 Å². The molecule has 0 saturated carbocycles. The number of alkyl halides is 1. The van der Waals surface area contributed by atoms with E-state index in [1.165, 1.54) is 18.2 Å². The van der Waals surface area contributed by atoms with Gasteiger partial charge in [-0.15, -0.1) is 11.6 Å². The van der Waals surface area contributed by atoms with Gasteiger partial charge < -0.3 is 5.32 Å². The van der Waals surface area contributed by atoms with E-state index in [9.17, 15) is 9.18 Å². The fourth-order valence-corrected chi connectivity index (χ4v) is 1.65. The number of nitrogens with one attached hydrogen (secondary N) is 1. The maximum absolute atomic E-state index is 12.9. The molecule has 5 heteroatoms. The number of carbonyl (C=O) groups is 1. The van der Waals surface area contributed by atoms with Crippen LogP contribution in [-0.4, -0.2) is 17.8 Å². The van der Waals surface area contributed by atoms with Gasteiger partial charge in [0, 0.05) is 17.5 Å². The van der Waals surface area contributed by atoms with Crippen molar-refractivity contribution in [2.75, 3.05) is 5.88 Å². The molecular weight excluding hydrogens is 264 g/mol. The van der Waals surface area contributed by atoms with Crippen LogP contribution in [0.5, 0.6) is 0 Å². The lowest BCUT2D eigenvalue weighted by atomic mass is 10.1. The van der Waals surface area contributed by atoms with Gasteiger partial charge in [0.15, 0.2) is 0 Å². The van der Waals surface area contributed by atoms with Crippen molar-refractivity contribution in [1.82, 2.24) is 5.32 Å². The standard InChI is InChI=1S/C12H14Cl2FNO/c1-7(6-13)8(2)16-12(17)9-3-4-11(15)10(14)5-9/h3-5,7-8H,6H2,1-2H3,(H,16,17). The number of rotatable bonds is 4. The van der Waals surface area contributed by atoms with Crippen molar-refractivity contribution in [3.05, 3.63) is 34.6 Å². The largest absolute Gasteiger partial charge is 0.349 e. The fraction of sp³-hybridized carbons (Fsp3) is 0.417. The van der Waals surface area contributed by atoms with Gasteiger partial charge in [0.05, 0.1) is 5.02 Å². The zero-order valence-electron chi connectivity index (χ0n) is 9.64. The lowest BCUT2D eigenvalue weighted by molar-refractivity contribution is 0.0931. The fourth-order valence-electron chi connectivity index (χ4n) is 1.20. The first kappa shape index (κ1) is 14.3. The average Bonchev–Trinajstić information content (AvgIpc) is 2.31. The lowest BCUT2D eigenvalue weighted by Gasteiger charge is -2.19. The summed E-state index contributed by atoms with van der Waals surface area (Å²) in [7, 11) is 0. The summed E-state index contributed by atoms with van der Waals surface area (Å²) >= 11 is 11.3. The Balaban J connectivity index is 2.73. The molecule has 0 bridgehead atoms. The summed E-state index contributed by atoms with van der Waals surface area (Å²) in [4.78, 5) is 11.8. The van der Waals surface area contributed by atoms with Crippen molar-refractivity contribution < 1.29 is 9.18 Å². The van der Waals surface area contributed by atoms with Gasteiger partial charge in [-0.3, -0.25) is 4.79 Å². The molecule has 1 rings (SSSR count). The molecule has 94 valence electrons. The highest BCUT2D eigenvalue weighted by molar-refractivity contribution is 6.31. The smallest absolute Gasteiger partial charge is 0.251 e. The van der Waals surface area contributed by atoms with Gasteiger partial charge in [-0.25, -0.2) is 4.39 Å². The van der Waals surface area contributed by atoms with Gasteiger partial charge >= 0.3 is 0 Å². The minimum Gasteiger partial charge on any atom is -0.349 e. The molecule has 1 amide bonds. The van der Waals surface area contributed by atoms with Crippen LogP contribution in [0.25, 0.3) is 0 Å². The van der Waals surface area contributed by atoms with Crippen molar-refractivity contribution in [3.8, 4) is 0 Å². The Labute approximate surface area is 110 Å². The van der Waals surface area contributed by atoms with Crippen LogP contribution < -0.4 is 5.32 Å². The van der Waals surface area contributed by atoms with Crippen molar-refractivity contribution >= 4 is 29.1 Å². The summed E-state index contributed by atoms with van der Waals surface area (Å²) in [5.41, 5.74) is 0.338. The van der Waals surface area contributed by atoms with Crippen LogP contribution in [-0.2, 0) is 0 Å². The van der Waals surface area contributed by atoms with E-state index >= 15 is 0 Å².